The summed E-state index contributed by atoms with van der Waals surface area (Å²) in [6, 6.07) is 1.59. The van der Waals surface area contributed by atoms with Gasteiger partial charge in [-0.05, 0) is 12.0 Å². The first-order valence-electron chi connectivity index (χ1n) is 3.81. The molecule has 1 N–H and O–H groups in total. The molecule has 0 radical (unpaired) electrons. The second-order valence-electron chi connectivity index (χ2n) is 2.53. The molecule has 1 aromatic rings. The van der Waals surface area contributed by atoms with Crippen molar-refractivity contribution >= 4 is 22.5 Å². The van der Waals surface area contributed by atoms with Crippen LogP contribution in [-0.2, 0) is 6.42 Å². The zero-order valence-electron chi connectivity index (χ0n) is 6.83. The first-order valence-corrected chi connectivity index (χ1v) is 5.68. The van der Waals surface area contributed by atoms with Gasteiger partial charge >= 0.3 is 0 Å². The molecule has 1 heterocycles. The van der Waals surface area contributed by atoms with Gasteiger partial charge in [-0.15, -0.1) is 11.7 Å². The van der Waals surface area contributed by atoms with Crippen LogP contribution in [0.25, 0.3) is 0 Å². The molecule has 0 amide bonds. The summed E-state index contributed by atoms with van der Waals surface area (Å²) in [6.45, 7) is 2.11. The van der Waals surface area contributed by atoms with E-state index in [0.29, 0.717) is 0 Å². The zero-order valence-corrected chi connectivity index (χ0v) is 8.54. The Kier molecular flexibility index (Phi) is 3.75. The molecule has 4 heteroatoms. The van der Waals surface area contributed by atoms with Gasteiger partial charge in [-0.2, -0.15) is 0 Å². The Morgan fingerprint density at radius 1 is 1.67 bits per heavy atom. The van der Waals surface area contributed by atoms with Crippen molar-refractivity contribution < 1.29 is 0 Å². The standard InChI is InChI=1S/C8H11NOS2/c1-2-3-6-5-9-8(10)4-7(6)12-11/h4-5,11H,2-3H2,1H3,(H,9,10). The van der Waals surface area contributed by atoms with Crippen LogP contribution in [0, 0.1) is 0 Å². The zero-order chi connectivity index (χ0) is 8.97. The Morgan fingerprint density at radius 2 is 2.42 bits per heavy atom. The second kappa shape index (κ2) is 4.62. The van der Waals surface area contributed by atoms with E-state index >= 15 is 0 Å². The van der Waals surface area contributed by atoms with Crippen molar-refractivity contribution in [2.45, 2.75) is 24.7 Å². The molecule has 0 atom stereocenters. The molecule has 2 nitrogen and oxygen atoms in total. The van der Waals surface area contributed by atoms with Crippen molar-refractivity contribution in [1.82, 2.24) is 4.98 Å². The SMILES string of the molecule is CCCc1c[nH]c(=O)cc1SS. The van der Waals surface area contributed by atoms with E-state index in [1.165, 1.54) is 10.8 Å². The third kappa shape index (κ3) is 2.32. The van der Waals surface area contributed by atoms with Crippen molar-refractivity contribution in [3.8, 4) is 0 Å². The van der Waals surface area contributed by atoms with E-state index in [1.807, 2.05) is 0 Å². The third-order valence-corrected chi connectivity index (χ3v) is 2.75. The van der Waals surface area contributed by atoms with Crippen molar-refractivity contribution in [2.75, 3.05) is 0 Å². The smallest absolute Gasteiger partial charge is 0.249 e. The van der Waals surface area contributed by atoms with Crippen LogP contribution >= 0.6 is 22.5 Å². The number of aromatic amines is 1. The summed E-state index contributed by atoms with van der Waals surface area (Å²) in [5.74, 6) is 0. The number of nitrogens with one attached hydrogen (secondary N) is 1. The number of aromatic nitrogens is 1. The Labute approximate surface area is 80.6 Å². The Balaban J connectivity index is 3.02. The van der Waals surface area contributed by atoms with Crippen molar-refractivity contribution in [2.24, 2.45) is 0 Å². The molecule has 0 fully saturated rings. The van der Waals surface area contributed by atoms with Gasteiger partial charge < -0.3 is 4.98 Å². The fourth-order valence-electron chi connectivity index (χ4n) is 1.03. The predicted octanol–water partition coefficient (Wildman–Crippen LogP) is 2.26. The van der Waals surface area contributed by atoms with Gasteiger partial charge in [0.25, 0.3) is 0 Å². The molecule has 1 rings (SSSR count). The van der Waals surface area contributed by atoms with Gasteiger partial charge in [0.2, 0.25) is 5.56 Å². The quantitative estimate of drug-likeness (QED) is 0.581. The molecular weight excluding hydrogens is 190 g/mol. The molecule has 0 saturated heterocycles. The lowest BCUT2D eigenvalue weighted by Crippen LogP contribution is -2.05. The molecule has 0 saturated carbocycles. The highest BCUT2D eigenvalue weighted by Crippen LogP contribution is 2.24. The molecule has 0 aliphatic carbocycles. The highest BCUT2D eigenvalue weighted by molar-refractivity contribution is 8.68. The fraction of sp³-hybridized carbons (Fsp3) is 0.375. The van der Waals surface area contributed by atoms with Crippen LogP contribution < -0.4 is 5.56 Å². The minimum Gasteiger partial charge on any atom is -0.329 e. The molecule has 0 aromatic carbocycles. The van der Waals surface area contributed by atoms with E-state index in [4.69, 9.17) is 0 Å². The van der Waals surface area contributed by atoms with Gasteiger partial charge in [-0.25, -0.2) is 0 Å². The van der Waals surface area contributed by atoms with Crippen LogP contribution in [0.2, 0.25) is 0 Å². The Morgan fingerprint density at radius 3 is 3.00 bits per heavy atom. The van der Waals surface area contributed by atoms with E-state index in [0.717, 1.165) is 23.3 Å². The average Bonchev–Trinajstić information content (AvgIpc) is 2.08. The van der Waals surface area contributed by atoms with E-state index in [9.17, 15) is 4.79 Å². The first-order chi connectivity index (χ1) is 5.77. The van der Waals surface area contributed by atoms with Gasteiger partial charge in [0.15, 0.2) is 0 Å². The molecule has 12 heavy (non-hydrogen) atoms. The van der Waals surface area contributed by atoms with E-state index in [-0.39, 0.29) is 5.56 Å². The van der Waals surface area contributed by atoms with Gasteiger partial charge in [0.1, 0.15) is 0 Å². The molecule has 66 valence electrons. The summed E-state index contributed by atoms with van der Waals surface area (Å²) in [4.78, 5) is 14.5. The van der Waals surface area contributed by atoms with Crippen LogP contribution in [0.4, 0.5) is 0 Å². The molecule has 0 aliphatic heterocycles. The Bertz CT molecular complexity index is 308. The lowest BCUT2D eigenvalue weighted by atomic mass is 10.2. The Hall–Kier alpha value is -0.350. The summed E-state index contributed by atoms with van der Waals surface area (Å²) in [5.41, 5.74) is 1.10. The first kappa shape index (κ1) is 9.74. The van der Waals surface area contributed by atoms with Crippen LogP contribution in [0.15, 0.2) is 22.0 Å². The highest BCUT2D eigenvalue weighted by Gasteiger charge is 2.00. The van der Waals surface area contributed by atoms with E-state index in [1.54, 1.807) is 12.3 Å². The third-order valence-electron chi connectivity index (χ3n) is 1.59. The molecule has 0 aliphatic rings. The van der Waals surface area contributed by atoms with E-state index in [2.05, 4.69) is 23.6 Å². The number of H-pyrrole nitrogens is 1. The van der Waals surface area contributed by atoms with Crippen molar-refractivity contribution in [3.05, 3.63) is 28.2 Å². The van der Waals surface area contributed by atoms with Crippen molar-refractivity contribution in [3.63, 3.8) is 0 Å². The molecular formula is C8H11NOS2. The largest absolute Gasteiger partial charge is 0.329 e. The maximum absolute atomic E-state index is 10.9. The monoisotopic (exact) mass is 201 g/mol. The minimum absolute atomic E-state index is 0.0635. The van der Waals surface area contributed by atoms with E-state index < -0.39 is 0 Å². The molecule has 1 aromatic heterocycles. The van der Waals surface area contributed by atoms with Crippen LogP contribution in [0.3, 0.4) is 0 Å². The van der Waals surface area contributed by atoms with Crippen LogP contribution in [0.1, 0.15) is 18.9 Å². The summed E-state index contributed by atoms with van der Waals surface area (Å²) in [6.07, 6.45) is 3.83. The number of thiol groups is 1. The minimum atomic E-state index is -0.0635. The fourth-order valence-corrected chi connectivity index (χ4v) is 1.98. The van der Waals surface area contributed by atoms with Crippen molar-refractivity contribution in [1.29, 1.82) is 0 Å². The summed E-state index contributed by atoms with van der Waals surface area (Å²) >= 11 is 4.08. The number of aryl methyl sites for hydroxylation is 1. The van der Waals surface area contributed by atoms with Crippen LogP contribution in [0.5, 0.6) is 0 Å². The molecule has 0 unspecified atom stereocenters. The average molecular weight is 201 g/mol. The summed E-state index contributed by atoms with van der Waals surface area (Å²) in [5, 5.41) is 0. The lowest BCUT2D eigenvalue weighted by molar-refractivity contribution is 0.887. The van der Waals surface area contributed by atoms with Gasteiger partial charge in [-0.1, -0.05) is 24.1 Å². The summed E-state index contributed by atoms with van der Waals surface area (Å²) < 4.78 is 0. The number of hydrogen-bond donors (Lipinski definition) is 2. The molecule has 0 bridgehead atoms. The maximum Gasteiger partial charge on any atom is 0.249 e. The van der Waals surface area contributed by atoms with Gasteiger partial charge in [0.05, 0.1) is 0 Å². The van der Waals surface area contributed by atoms with Crippen LogP contribution in [-0.4, -0.2) is 4.98 Å². The number of rotatable bonds is 3. The summed E-state index contributed by atoms with van der Waals surface area (Å²) in [7, 11) is 1.32. The predicted molar refractivity (Wildman–Crippen MR) is 55.9 cm³/mol. The maximum atomic E-state index is 10.9. The lowest BCUT2D eigenvalue weighted by Gasteiger charge is -2.02. The van der Waals surface area contributed by atoms with Gasteiger partial charge in [0, 0.05) is 17.2 Å². The van der Waals surface area contributed by atoms with Gasteiger partial charge in [-0.3, -0.25) is 4.79 Å². The molecule has 0 spiro atoms. The second-order valence-corrected chi connectivity index (χ2v) is 3.70. The topological polar surface area (TPSA) is 32.9 Å². The normalized spacial score (nSPS) is 10.2. The number of hydrogen-bond acceptors (Lipinski definition) is 3. The number of pyridine rings is 1. The highest BCUT2D eigenvalue weighted by atomic mass is 33.1.